The SMILES string of the molecule is CCc1ccc(NC(=O)C2CC(=O)NC3NC(Nc4cc(Cl)cc(Cl)c4)NC(=O)C32)cc1. The minimum Gasteiger partial charge on any atom is -0.353 e. The Morgan fingerprint density at radius 3 is 2.38 bits per heavy atom. The van der Waals surface area contributed by atoms with E-state index in [0.717, 1.165) is 12.0 Å². The maximum atomic E-state index is 13.0. The Balaban J connectivity index is 1.47. The predicted molar refractivity (Wildman–Crippen MR) is 123 cm³/mol. The quantitative estimate of drug-likeness (QED) is 0.456. The Morgan fingerprint density at radius 1 is 1.03 bits per heavy atom. The molecule has 0 aliphatic carbocycles. The maximum Gasteiger partial charge on any atom is 0.229 e. The fourth-order valence-corrected chi connectivity index (χ4v) is 4.54. The summed E-state index contributed by atoms with van der Waals surface area (Å²) in [5.74, 6) is -2.60. The molecule has 0 aromatic heterocycles. The molecule has 5 N–H and O–H groups in total. The topological polar surface area (TPSA) is 111 Å². The molecule has 0 saturated carbocycles. The Morgan fingerprint density at radius 2 is 1.72 bits per heavy atom. The van der Waals surface area contributed by atoms with Crippen LogP contribution in [0, 0.1) is 11.8 Å². The van der Waals surface area contributed by atoms with Crippen molar-refractivity contribution in [1.29, 1.82) is 0 Å². The Hall–Kier alpha value is -2.81. The van der Waals surface area contributed by atoms with Gasteiger partial charge in [0.1, 0.15) is 0 Å². The van der Waals surface area contributed by atoms with Gasteiger partial charge in [-0.2, -0.15) is 0 Å². The van der Waals surface area contributed by atoms with Gasteiger partial charge in [-0.15, -0.1) is 0 Å². The van der Waals surface area contributed by atoms with E-state index >= 15 is 0 Å². The third-order valence-electron chi connectivity index (χ3n) is 5.59. The van der Waals surface area contributed by atoms with Crippen LogP contribution >= 0.6 is 23.2 Å². The second-order valence-corrected chi connectivity index (χ2v) is 8.70. The number of hydrogen-bond acceptors (Lipinski definition) is 5. The highest BCUT2D eigenvalue weighted by molar-refractivity contribution is 6.35. The maximum absolute atomic E-state index is 13.0. The van der Waals surface area contributed by atoms with Crippen LogP contribution in [0.1, 0.15) is 18.9 Å². The lowest BCUT2D eigenvalue weighted by Gasteiger charge is -2.43. The standard InChI is InChI=1S/C22H23Cl2N5O3/c1-2-11-3-5-14(6-4-11)25-20(31)16-10-17(30)27-19-18(16)21(32)29-22(28-19)26-15-8-12(23)7-13(24)9-15/h3-9,16,18-19,22,26,28H,2,10H2,1H3,(H,25,31)(H,27,30)(H,29,32). The Bertz CT molecular complexity index is 1030. The van der Waals surface area contributed by atoms with E-state index < -0.39 is 24.3 Å². The highest BCUT2D eigenvalue weighted by Crippen LogP contribution is 2.29. The zero-order valence-corrected chi connectivity index (χ0v) is 18.8. The van der Waals surface area contributed by atoms with Crippen molar-refractivity contribution < 1.29 is 14.4 Å². The largest absolute Gasteiger partial charge is 0.353 e. The molecule has 10 heteroatoms. The second kappa shape index (κ2) is 9.36. The summed E-state index contributed by atoms with van der Waals surface area (Å²) in [5.41, 5.74) is 2.36. The van der Waals surface area contributed by atoms with Gasteiger partial charge in [-0.3, -0.25) is 19.7 Å². The number of anilines is 2. The van der Waals surface area contributed by atoms with Crippen molar-refractivity contribution in [2.45, 2.75) is 32.2 Å². The number of rotatable bonds is 5. The highest BCUT2D eigenvalue weighted by Gasteiger charge is 2.48. The molecule has 4 unspecified atom stereocenters. The molecule has 2 aromatic carbocycles. The van der Waals surface area contributed by atoms with Crippen LogP contribution in [0.3, 0.4) is 0 Å². The lowest BCUT2D eigenvalue weighted by molar-refractivity contribution is -0.144. The summed E-state index contributed by atoms with van der Waals surface area (Å²) in [5, 5.41) is 15.5. The number of halogens is 2. The van der Waals surface area contributed by atoms with Crippen molar-refractivity contribution in [3.63, 3.8) is 0 Å². The van der Waals surface area contributed by atoms with Crippen LogP contribution < -0.4 is 26.6 Å². The molecule has 8 nitrogen and oxygen atoms in total. The van der Waals surface area contributed by atoms with Crippen LogP contribution in [-0.2, 0) is 20.8 Å². The van der Waals surface area contributed by atoms with E-state index in [4.69, 9.17) is 23.2 Å². The minimum absolute atomic E-state index is 0.0723. The predicted octanol–water partition coefficient (Wildman–Crippen LogP) is 2.69. The summed E-state index contributed by atoms with van der Waals surface area (Å²) in [7, 11) is 0. The summed E-state index contributed by atoms with van der Waals surface area (Å²) < 4.78 is 0. The smallest absolute Gasteiger partial charge is 0.229 e. The van der Waals surface area contributed by atoms with E-state index in [-0.39, 0.29) is 24.1 Å². The fraction of sp³-hybridized carbons (Fsp3) is 0.318. The van der Waals surface area contributed by atoms with Gasteiger partial charge in [0, 0.05) is 27.8 Å². The first kappa shape index (κ1) is 22.4. The van der Waals surface area contributed by atoms with E-state index in [0.29, 0.717) is 21.4 Å². The first-order valence-corrected chi connectivity index (χ1v) is 11.1. The summed E-state index contributed by atoms with van der Waals surface area (Å²) >= 11 is 12.1. The van der Waals surface area contributed by atoms with Crippen molar-refractivity contribution in [2.75, 3.05) is 10.6 Å². The third-order valence-corrected chi connectivity index (χ3v) is 6.03. The van der Waals surface area contributed by atoms with Crippen molar-refractivity contribution in [3.8, 4) is 0 Å². The number of benzene rings is 2. The lowest BCUT2D eigenvalue weighted by atomic mass is 9.81. The first-order valence-electron chi connectivity index (χ1n) is 10.3. The molecule has 3 amide bonds. The third kappa shape index (κ3) is 4.98. The first-order chi connectivity index (χ1) is 15.3. The lowest BCUT2D eigenvalue weighted by Crippen LogP contribution is -2.72. The number of hydrogen-bond donors (Lipinski definition) is 5. The number of carbonyl (C=O) groups is 3. The van der Waals surface area contributed by atoms with Gasteiger partial charge < -0.3 is 21.3 Å². The molecule has 0 bridgehead atoms. The monoisotopic (exact) mass is 475 g/mol. The van der Waals surface area contributed by atoms with E-state index in [1.165, 1.54) is 0 Å². The molecule has 0 radical (unpaired) electrons. The normalized spacial score (nSPS) is 24.7. The molecular weight excluding hydrogens is 453 g/mol. The average Bonchev–Trinajstić information content (AvgIpc) is 2.72. The Kier molecular flexibility index (Phi) is 6.55. The molecule has 4 rings (SSSR count). The van der Waals surface area contributed by atoms with Crippen LogP contribution in [0.15, 0.2) is 42.5 Å². The number of nitrogens with one attached hydrogen (secondary N) is 5. The molecule has 2 fully saturated rings. The van der Waals surface area contributed by atoms with Gasteiger partial charge in [0.15, 0.2) is 6.29 Å². The molecule has 32 heavy (non-hydrogen) atoms. The van der Waals surface area contributed by atoms with Gasteiger partial charge in [0.05, 0.1) is 18.0 Å². The van der Waals surface area contributed by atoms with Gasteiger partial charge in [0.25, 0.3) is 0 Å². The van der Waals surface area contributed by atoms with Crippen LogP contribution in [-0.4, -0.2) is 30.2 Å². The average molecular weight is 476 g/mol. The molecular formula is C22H23Cl2N5O3. The number of carbonyl (C=O) groups excluding carboxylic acids is 3. The van der Waals surface area contributed by atoms with Gasteiger partial charge >= 0.3 is 0 Å². The number of fused-ring (bicyclic) bond motifs is 1. The molecule has 2 heterocycles. The minimum atomic E-state index is -0.811. The molecule has 2 aliphatic rings. The molecule has 0 spiro atoms. The fourth-order valence-electron chi connectivity index (χ4n) is 4.02. The molecule has 2 saturated heterocycles. The van der Waals surface area contributed by atoms with Crippen molar-refractivity contribution >= 4 is 52.3 Å². The van der Waals surface area contributed by atoms with Gasteiger partial charge in [0.2, 0.25) is 17.7 Å². The zero-order chi connectivity index (χ0) is 22.8. The molecule has 2 aliphatic heterocycles. The van der Waals surface area contributed by atoms with Crippen LogP contribution in [0.4, 0.5) is 11.4 Å². The van der Waals surface area contributed by atoms with Crippen molar-refractivity contribution in [3.05, 3.63) is 58.1 Å². The van der Waals surface area contributed by atoms with Crippen LogP contribution in [0.25, 0.3) is 0 Å². The summed E-state index contributed by atoms with van der Waals surface area (Å²) in [6.07, 6.45) is -0.585. The molecule has 168 valence electrons. The van der Waals surface area contributed by atoms with E-state index in [9.17, 15) is 14.4 Å². The summed E-state index contributed by atoms with van der Waals surface area (Å²) in [4.78, 5) is 38.2. The summed E-state index contributed by atoms with van der Waals surface area (Å²) in [6.45, 7) is 2.05. The second-order valence-electron chi connectivity index (χ2n) is 7.83. The number of piperidine rings is 1. The van der Waals surface area contributed by atoms with Crippen LogP contribution in [0.2, 0.25) is 10.0 Å². The highest BCUT2D eigenvalue weighted by atomic mass is 35.5. The number of aryl methyl sites for hydroxylation is 1. The van der Waals surface area contributed by atoms with Gasteiger partial charge in [-0.05, 0) is 42.3 Å². The zero-order valence-electron chi connectivity index (χ0n) is 17.2. The van der Waals surface area contributed by atoms with Crippen molar-refractivity contribution in [1.82, 2.24) is 16.0 Å². The van der Waals surface area contributed by atoms with E-state index in [1.807, 2.05) is 31.2 Å². The van der Waals surface area contributed by atoms with Gasteiger partial charge in [-0.25, -0.2) is 0 Å². The molecule has 2 aromatic rings. The van der Waals surface area contributed by atoms with E-state index in [1.54, 1.807) is 18.2 Å². The van der Waals surface area contributed by atoms with Crippen LogP contribution in [0.5, 0.6) is 0 Å². The number of amides is 3. The van der Waals surface area contributed by atoms with E-state index in [2.05, 4.69) is 26.6 Å². The Labute approximate surface area is 195 Å². The summed E-state index contributed by atoms with van der Waals surface area (Å²) in [6, 6.07) is 12.4. The molecule has 4 atom stereocenters. The van der Waals surface area contributed by atoms with Crippen molar-refractivity contribution in [2.24, 2.45) is 11.8 Å². The van der Waals surface area contributed by atoms with Gasteiger partial charge in [-0.1, -0.05) is 42.3 Å².